The van der Waals surface area contributed by atoms with E-state index in [0.29, 0.717) is 12.2 Å². The van der Waals surface area contributed by atoms with Gasteiger partial charge in [-0.3, -0.25) is 4.79 Å². The fourth-order valence-electron chi connectivity index (χ4n) is 4.66. The monoisotopic (exact) mass is 412 g/mol. The van der Waals surface area contributed by atoms with E-state index in [1.54, 1.807) is 0 Å². The molecule has 5 heteroatoms. The van der Waals surface area contributed by atoms with Gasteiger partial charge < -0.3 is 21.4 Å². The smallest absolute Gasteiger partial charge is 0.268 e. The van der Waals surface area contributed by atoms with E-state index in [9.17, 15) is 4.79 Å². The Morgan fingerprint density at radius 3 is 2.42 bits per heavy atom. The van der Waals surface area contributed by atoms with Crippen molar-refractivity contribution in [1.82, 2.24) is 9.88 Å². The van der Waals surface area contributed by atoms with Gasteiger partial charge in [-0.05, 0) is 66.3 Å². The van der Waals surface area contributed by atoms with Crippen LogP contribution in [0.4, 0.5) is 0 Å². The average molecular weight is 413 g/mol. The summed E-state index contributed by atoms with van der Waals surface area (Å²) < 4.78 is 2.06. The molecule has 1 saturated carbocycles. The number of carbonyl (C=O) groups excluding carboxylic acids is 1. The molecule has 31 heavy (non-hydrogen) atoms. The highest BCUT2D eigenvalue weighted by atomic mass is 16.2. The summed E-state index contributed by atoms with van der Waals surface area (Å²) in [6.07, 6.45) is 3.78. The zero-order chi connectivity index (χ0) is 21.4. The lowest BCUT2D eigenvalue weighted by Gasteiger charge is -2.27. The fourth-order valence-corrected chi connectivity index (χ4v) is 4.66. The van der Waals surface area contributed by atoms with Crippen LogP contribution in [0.3, 0.4) is 0 Å². The highest BCUT2D eigenvalue weighted by Crippen LogP contribution is 2.28. The van der Waals surface area contributed by atoms with Gasteiger partial charge in [0.1, 0.15) is 5.69 Å². The van der Waals surface area contributed by atoms with E-state index in [1.165, 1.54) is 5.39 Å². The molecule has 158 valence electrons. The Kier molecular flexibility index (Phi) is 5.22. The molecule has 1 aromatic heterocycles. The van der Waals surface area contributed by atoms with E-state index in [1.807, 2.05) is 30.3 Å². The van der Waals surface area contributed by atoms with Crippen molar-refractivity contribution < 1.29 is 4.79 Å². The summed E-state index contributed by atoms with van der Waals surface area (Å²) in [6.45, 7) is 0.461. The predicted molar refractivity (Wildman–Crippen MR) is 126 cm³/mol. The van der Waals surface area contributed by atoms with Crippen molar-refractivity contribution in [2.24, 2.45) is 11.5 Å². The second-order valence-electron chi connectivity index (χ2n) is 8.58. The van der Waals surface area contributed by atoms with Crippen LogP contribution >= 0.6 is 0 Å². The van der Waals surface area contributed by atoms with Gasteiger partial charge in [-0.25, -0.2) is 0 Å². The van der Waals surface area contributed by atoms with E-state index >= 15 is 0 Å². The Labute approximate surface area is 182 Å². The Hall–Kier alpha value is -3.15. The lowest BCUT2D eigenvalue weighted by atomic mass is 9.92. The van der Waals surface area contributed by atoms with E-state index in [2.05, 4.69) is 46.3 Å². The Bertz CT molecular complexity index is 1250. The van der Waals surface area contributed by atoms with Gasteiger partial charge >= 0.3 is 0 Å². The van der Waals surface area contributed by atoms with E-state index in [-0.39, 0.29) is 18.0 Å². The van der Waals surface area contributed by atoms with Crippen LogP contribution in [0.15, 0.2) is 66.7 Å². The summed E-state index contributed by atoms with van der Waals surface area (Å²) in [4.78, 5) is 13.4. The molecule has 3 aromatic carbocycles. The molecule has 4 aromatic rings. The van der Waals surface area contributed by atoms with Crippen LogP contribution in [0, 0.1) is 0 Å². The maximum absolute atomic E-state index is 13.4. The van der Waals surface area contributed by atoms with Gasteiger partial charge in [0.25, 0.3) is 5.91 Å². The second-order valence-corrected chi connectivity index (χ2v) is 8.58. The van der Waals surface area contributed by atoms with Crippen molar-refractivity contribution in [2.45, 2.75) is 44.3 Å². The quantitative estimate of drug-likeness (QED) is 0.469. The van der Waals surface area contributed by atoms with Crippen LogP contribution in [0.1, 0.15) is 41.7 Å². The van der Waals surface area contributed by atoms with Crippen molar-refractivity contribution in [1.29, 1.82) is 0 Å². The van der Waals surface area contributed by atoms with Crippen LogP contribution in [-0.4, -0.2) is 22.6 Å². The van der Waals surface area contributed by atoms with E-state index < -0.39 is 0 Å². The minimum absolute atomic E-state index is 0.0425. The number of fused-ring (bicyclic) bond motifs is 2. The van der Waals surface area contributed by atoms with Crippen LogP contribution in [0.25, 0.3) is 27.4 Å². The molecule has 0 bridgehead atoms. The topological polar surface area (TPSA) is 86.1 Å². The molecule has 5 rings (SSSR count). The standard InChI is InChI=1S/C26H28N4O/c27-16-17-5-6-20-15-25(26(31)29-22-10-8-21(28)9-11-22)30(24(20)13-17)23-12-7-18-3-1-2-4-19(18)14-23/h1-7,12-15,21-22H,8-11,16,27-28H2,(H,29,31). The second kappa shape index (κ2) is 8.17. The molecule has 1 aliphatic carbocycles. The third-order valence-electron chi connectivity index (χ3n) is 6.44. The van der Waals surface area contributed by atoms with Crippen LogP contribution in [0.2, 0.25) is 0 Å². The van der Waals surface area contributed by atoms with Crippen LogP contribution in [0.5, 0.6) is 0 Å². The molecule has 0 radical (unpaired) electrons. The maximum Gasteiger partial charge on any atom is 0.268 e. The summed E-state index contributed by atoms with van der Waals surface area (Å²) in [5.41, 5.74) is 15.6. The fraction of sp³-hybridized carbons (Fsp3) is 0.269. The molecular weight excluding hydrogens is 384 g/mol. The molecule has 1 amide bonds. The van der Waals surface area contributed by atoms with Crippen molar-refractivity contribution in [3.05, 3.63) is 78.0 Å². The normalized spacial score (nSPS) is 19.0. The third-order valence-corrected chi connectivity index (χ3v) is 6.44. The number of benzene rings is 3. The first-order valence-electron chi connectivity index (χ1n) is 11.0. The summed E-state index contributed by atoms with van der Waals surface area (Å²) in [7, 11) is 0. The van der Waals surface area contributed by atoms with E-state index in [0.717, 1.165) is 53.2 Å². The van der Waals surface area contributed by atoms with Crippen LogP contribution < -0.4 is 16.8 Å². The van der Waals surface area contributed by atoms with Gasteiger partial charge in [-0.15, -0.1) is 0 Å². The molecule has 0 unspecified atom stereocenters. The molecule has 5 N–H and O–H groups in total. The Morgan fingerprint density at radius 1 is 0.903 bits per heavy atom. The number of carbonyl (C=O) groups is 1. The predicted octanol–water partition coefficient (Wildman–Crippen LogP) is 4.24. The number of nitrogens with zero attached hydrogens (tertiary/aromatic N) is 1. The van der Waals surface area contributed by atoms with E-state index in [4.69, 9.17) is 11.5 Å². The first-order chi connectivity index (χ1) is 15.1. The number of nitrogens with one attached hydrogen (secondary N) is 1. The summed E-state index contributed by atoms with van der Waals surface area (Å²) in [6, 6.07) is 23.2. The number of aromatic nitrogens is 1. The molecule has 1 fully saturated rings. The molecule has 1 aliphatic rings. The third kappa shape index (κ3) is 3.82. The number of amides is 1. The Balaban J connectivity index is 1.60. The zero-order valence-electron chi connectivity index (χ0n) is 17.6. The SMILES string of the molecule is NCc1ccc2cc(C(=O)NC3CCC(N)CC3)n(-c3ccc4ccccc4c3)c2c1. The van der Waals surface area contributed by atoms with Crippen molar-refractivity contribution in [3.63, 3.8) is 0 Å². The number of nitrogens with two attached hydrogens (primary N) is 2. The lowest BCUT2D eigenvalue weighted by Crippen LogP contribution is -2.41. The first kappa shape index (κ1) is 19.8. The first-order valence-corrected chi connectivity index (χ1v) is 11.0. The lowest BCUT2D eigenvalue weighted by molar-refractivity contribution is 0.0919. The van der Waals surface area contributed by atoms with Gasteiger partial charge in [-0.1, -0.05) is 42.5 Å². The summed E-state index contributed by atoms with van der Waals surface area (Å²) in [5, 5.41) is 6.60. The zero-order valence-corrected chi connectivity index (χ0v) is 17.6. The highest BCUT2D eigenvalue weighted by Gasteiger charge is 2.23. The molecule has 0 saturated heterocycles. The molecule has 1 heterocycles. The minimum Gasteiger partial charge on any atom is -0.348 e. The molecular formula is C26H28N4O. The van der Waals surface area contributed by atoms with Gasteiger partial charge in [0.05, 0.1) is 5.52 Å². The molecule has 0 aliphatic heterocycles. The van der Waals surface area contributed by atoms with Gasteiger partial charge in [0.15, 0.2) is 0 Å². The number of hydrogen-bond acceptors (Lipinski definition) is 3. The minimum atomic E-state index is -0.0425. The molecule has 0 atom stereocenters. The van der Waals surface area contributed by atoms with Crippen molar-refractivity contribution >= 4 is 27.6 Å². The number of rotatable bonds is 4. The maximum atomic E-state index is 13.4. The highest BCUT2D eigenvalue weighted by molar-refractivity contribution is 6.00. The van der Waals surface area contributed by atoms with Gasteiger partial charge in [0.2, 0.25) is 0 Å². The Morgan fingerprint density at radius 2 is 1.65 bits per heavy atom. The van der Waals surface area contributed by atoms with Crippen LogP contribution in [-0.2, 0) is 6.54 Å². The summed E-state index contributed by atoms with van der Waals surface area (Å²) >= 11 is 0. The average Bonchev–Trinajstić information content (AvgIpc) is 3.19. The molecule has 0 spiro atoms. The molecule has 5 nitrogen and oxygen atoms in total. The van der Waals surface area contributed by atoms with Crippen molar-refractivity contribution in [3.8, 4) is 5.69 Å². The van der Waals surface area contributed by atoms with Crippen molar-refractivity contribution in [2.75, 3.05) is 0 Å². The number of hydrogen-bond donors (Lipinski definition) is 3. The summed E-state index contributed by atoms with van der Waals surface area (Å²) in [5.74, 6) is -0.0425. The largest absolute Gasteiger partial charge is 0.348 e. The van der Waals surface area contributed by atoms with Gasteiger partial charge in [0, 0.05) is 29.7 Å². The van der Waals surface area contributed by atoms with Gasteiger partial charge in [-0.2, -0.15) is 0 Å².